The second-order valence-electron chi connectivity index (χ2n) is 10.6. The molecule has 1 amide bonds. The first-order valence-corrected chi connectivity index (χ1v) is 12.5. The van der Waals surface area contributed by atoms with Crippen LogP contribution in [-0.4, -0.2) is 35.2 Å². The van der Waals surface area contributed by atoms with Crippen LogP contribution in [0.3, 0.4) is 0 Å². The van der Waals surface area contributed by atoms with Gasteiger partial charge in [-0.2, -0.15) is 0 Å². The van der Waals surface area contributed by atoms with Crippen LogP contribution in [-0.2, 0) is 5.41 Å². The summed E-state index contributed by atoms with van der Waals surface area (Å²) in [5, 5.41) is 14.4. The number of amides is 1. The highest BCUT2D eigenvalue weighted by atomic mass is 16.1. The number of aryl methyl sites for hydroxylation is 1. The number of nitrogens with zero attached hydrogens (tertiary/aromatic N) is 3. The van der Waals surface area contributed by atoms with E-state index in [9.17, 15) is 9.59 Å². The van der Waals surface area contributed by atoms with Crippen molar-refractivity contribution < 1.29 is 4.79 Å². The van der Waals surface area contributed by atoms with E-state index in [1.54, 1.807) is 12.1 Å². The number of hydrogen-bond donors (Lipinski definition) is 3. The van der Waals surface area contributed by atoms with Crippen LogP contribution in [0.15, 0.2) is 65.5 Å². The molecule has 2 aromatic heterocycles. The van der Waals surface area contributed by atoms with Gasteiger partial charge in [0, 0.05) is 36.6 Å². The fourth-order valence-electron chi connectivity index (χ4n) is 4.14. The van der Waals surface area contributed by atoms with Crippen LogP contribution in [0.4, 0.5) is 23.0 Å². The number of anilines is 4. The monoisotopic (exact) mass is 510 g/mol. The summed E-state index contributed by atoms with van der Waals surface area (Å²) in [5.74, 6) is 1.01. The van der Waals surface area contributed by atoms with Gasteiger partial charge in [-0.15, -0.1) is 10.2 Å². The highest BCUT2D eigenvalue weighted by molar-refractivity contribution is 6.05. The zero-order chi connectivity index (χ0) is 27.6. The highest BCUT2D eigenvalue weighted by Crippen LogP contribution is 2.32. The zero-order valence-electron chi connectivity index (χ0n) is 22.9. The maximum absolute atomic E-state index is 13.0. The molecule has 0 aliphatic carbocycles. The van der Waals surface area contributed by atoms with Gasteiger partial charge in [-0.05, 0) is 72.4 Å². The SMILES string of the molecule is Cc1[nH]c(=O)c(Nc2ccc(N(C)C)nn2)cc1-c1cccc(NC(=O)c2ccc(C(C)(C)C)cc2)c1C. The Kier molecular flexibility index (Phi) is 7.35. The van der Waals surface area contributed by atoms with Crippen molar-refractivity contribution in [1.82, 2.24) is 15.2 Å². The molecule has 0 spiro atoms. The van der Waals surface area contributed by atoms with Gasteiger partial charge in [0.1, 0.15) is 5.69 Å². The van der Waals surface area contributed by atoms with E-state index in [0.717, 1.165) is 22.4 Å². The summed E-state index contributed by atoms with van der Waals surface area (Å²) in [7, 11) is 3.77. The molecule has 8 heteroatoms. The van der Waals surface area contributed by atoms with E-state index in [0.29, 0.717) is 28.6 Å². The van der Waals surface area contributed by atoms with Crippen molar-refractivity contribution in [2.45, 2.75) is 40.0 Å². The first-order chi connectivity index (χ1) is 17.9. The molecule has 4 rings (SSSR count). The number of carbonyl (C=O) groups is 1. The Hall–Kier alpha value is -4.46. The lowest BCUT2D eigenvalue weighted by atomic mass is 9.86. The summed E-state index contributed by atoms with van der Waals surface area (Å²) in [6.07, 6.45) is 0. The van der Waals surface area contributed by atoms with Crippen LogP contribution in [0.1, 0.15) is 48.0 Å². The molecule has 0 aliphatic heterocycles. The van der Waals surface area contributed by atoms with Crippen LogP contribution < -0.4 is 21.1 Å². The number of nitrogens with one attached hydrogen (secondary N) is 3. The highest BCUT2D eigenvalue weighted by Gasteiger charge is 2.17. The van der Waals surface area contributed by atoms with Crippen molar-refractivity contribution in [3.63, 3.8) is 0 Å². The Balaban J connectivity index is 1.61. The average Bonchev–Trinajstić information content (AvgIpc) is 2.87. The van der Waals surface area contributed by atoms with Crippen LogP contribution in [0, 0.1) is 13.8 Å². The van der Waals surface area contributed by atoms with E-state index in [-0.39, 0.29) is 16.9 Å². The van der Waals surface area contributed by atoms with E-state index in [1.807, 2.05) is 81.4 Å². The van der Waals surface area contributed by atoms with Gasteiger partial charge in [0.25, 0.3) is 11.5 Å². The molecule has 0 fully saturated rings. The number of H-pyrrole nitrogens is 1. The van der Waals surface area contributed by atoms with Crippen LogP contribution in [0.5, 0.6) is 0 Å². The molecule has 0 atom stereocenters. The first-order valence-electron chi connectivity index (χ1n) is 12.5. The fourth-order valence-corrected chi connectivity index (χ4v) is 4.14. The molecule has 3 N–H and O–H groups in total. The largest absolute Gasteiger partial charge is 0.361 e. The van der Waals surface area contributed by atoms with Gasteiger partial charge in [0.05, 0.1) is 0 Å². The Morgan fingerprint density at radius 1 is 0.895 bits per heavy atom. The normalized spacial score (nSPS) is 11.2. The molecule has 38 heavy (non-hydrogen) atoms. The number of rotatable bonds is 6. The van der Waals surface area contributed by atoms with Crippen LogP contribution in [0.25, 0.3) is 11.1 Å². The summed E-state index contributed by atoms with van der Waals surface area (Å²) < 4.78 is 0. The lowest BCUT2D eigenvalue weighted by Gasteiger charge is -2.19. The molecule has 0 saturated heterocycles. The molecular weight excluding hydrogens is 476 g/mol. The second kappa shape index (κ2) is 10.5. The van der Waals surface area contributed by atoms with Crippen LogP contribution >= 0.6 is 0 Å². The Morgan fingerprint density at radius 2 is 1.61 bits per heavy atom. The number of pyridine rings is 1. The van der Waals surface area contributed by atoms with E-state index in [2.05, 4.69) is 46.6 Å². The Morgan fingerprint density at radius 3 is 2.21 bits per heavy atom. The molecule has 2 heterocycles. The number of benzene rings is 2. The number of aromatic amines is 1. The summed E-state index contributed by atoms with van der Waals surface area (Å²) >= 11 is 0. The van der Waals surface area contributed by atoms with Crippen molar-refractivity contribution >= 4 is 28.9 Å². The molecule has 4 aromatic rings. The van der Waals surface area contributed by atoms with Crippen molar-refractivity contribution in [2.75, 3.05) is 29.6 Å². The van der Waals surface area contributed by atoms with Crippen molar-refractivity contribution in [2.24, 2.45) is 0 Å². The quantitative estimate of drug-likeness (QED) is 0.303. The predicted octanol–water partition coefficient (Wildman–Crippen LogP) is 5.81. The van der Waals surface area contributed by atoms with Gasteiger partial charge < -0.3 is 20.5 Å². The van der Waals surface area contributed by atoms with Gasteiger partial charge in [-0.3, -0.25) is 9.59 Å². The molecule has 0 aliphatic rings. The van der Waals surface area contributed by atoms with Crippen molar-refractivity contribution in [3.8, 4) is 11.1 Å². The summed E-state index contributed by atoms with van der Waals surface area (Å²) in [4.78, 5) is 30.5. The first kappa shape index (κ1) is 26.6. The third-order valence-electron chi connectivity index (χ3n) is 6.50. The average molecular weight is 511 g/mol. The standard InChI is InChI=1S/C30H34N6O2/c1-18-22(9-8-10-24(18)33-28(37)20-11-13-21(14-12-20)30(3,4)5)23-17-25(29(38)31-19(23)2)32-26-15-16-27(35-34-26)36(6)7/h8-17H,1-7H3,(H,31,38)(H,32,34)(H,33,37). The van der Waals surface area contributed by atoms with Crippen LogP contribution in [0.2, 0.25) is 0 Å². The topological polar surface area (TPSA) is 103 Å². The van der Waals surface area contributed by atoms with Gasteiger partial charge in [-0.25, -0.2) is 0 Å². The van der Waals surface area contributed by atoms with Crippen molar-refractivity contribution in [1.29, 1.82) is 0 Å². The van der Waals surface area contributed by atoms with Gasteiger partial charge in [0.2, 0.25) is 0 Å². The van der Waals surface area contributed by atoms with E-state index in [1.165, 1.54) is 5.56 Å². The lowest BCUT2D eigenvalue weighted by molar-refractivity contribution is 0.102. The molecule has 2 aromatic carbocycles. The third kappa shape index (κ3) is 5.75. The van der Waals surface area contributed by atoms with E-state index in [4.69, 9.17) is 0 Å². The van der Waals surface area contributed by atoms with Gasteiger partial charge in [0.15, 0.2) is 11.6 Å². The minimum Gasteiger partial charge on any atom is -0.361 e. The summed E-state index contributed by atoms with van der Waals surface area (Å²) in [6.45, 7) is 10.2. The molecular formula is C30H34N6O2. The zero-order valence-corrected chi connectivity index (χ0v) is 22.9. The summed E-state index contributed by atoms with van der Waals surface area (Å²) in [5.41, 5.74) is 5.94. The molecule has 0 radical (unpaired) electrons. The molecule has 0 unspecified atom stereocenters. The Bertz CT molecular complexity index is 1510. The second-order valence-corrected chi connectivity index (χ2v) is 10.6. The minimum absolute atomic E-state index is 0.0183. The maximum Gasteiger partial charge on any atom is 0.271 e. The number of aromatic nitrogens is 3. The molecule has 0 saturated carbocycles. The Labute approximate surface area is 223 Å². The van der Waals surface area contributed by atoms with E-state index < -0.39 is 0 Å². The van der Waals surface area contributed by atoms with Crippen molar-refractivity contribution in [3.05, 3.63) is 93.4 Å². The van der Waals surface area contributed by atoms with Gasteiger partial charge >= 0.3 is 0 Å². The lowest BCUT2D eigenvalue weighted by Crippen LogP contribution is -2.16. The number of hydrogen-bond acceptors (Lipinski definition) is 6. The molecule has 0 bridgehead atoms. The molecule has 196 valence electrons. The molecule has 8 nitrogen and oxygen atoms in total. The number of carbonyl (C=O) groups excluding carboxylic acids is 1. The fraction of sp³-hybridized carbons (Fsp3) is 0.267. The van der Waals surface area contributed by atoms with E-state index >= 15 is 0 Å². The summed E-state index contributed by atoms with van der Waals surface area (Å²) in [6, 6.07) is 18.8. The predicted molar refractivity (Wildman–Crippen MR) is 155 cm³/mol. The smallest absolute Gasteiger partial charge is 0.271 e. The maximum atomic E-state index is 13.0. The minimum atomic E-state index is -0.259. The van der Waals surface area contributed by atoms with Gasteiger partial charge in [-0.1, -0.05) is 45.0 Å². The third-order valence-corrected chi connectivity index (χ3v) is 6.50.